The smallest absolute Gasteiger partial charge is 0.193 e. The van der Waals surface area contributed by atoms with E-state index in [0.717, 1.165) is 29.9 Å². The average Bonchev–Trinajstić information content (AvgIpc) is 3.23. The maximum atomic E-state index is 12.1. The second-order valence-electron chi connectivity index (χ2n) is 6.06. The fourth-order valence-electron chi connectivity index (χ4n) is 2.87. The van der Waals surface area contributed by atoms with Crippen molar-refractivity contribution >= 4 is 32.8 Å². The molecule has 134 valence electrons. The van der Waals surface area contributed by atoms with E-state index in [-0.39, 0.29) is 22.5 Å². The number of hydrogen-bond acceptors (Lipinski definition) is 5. The van der Waals surface area contributed by atoms with Gasteiger partial charge in [0.15, 0.2) is 15.8 Å². The Hall–Kier alpha value is -1.90. The number of aliphatic hydroxyl groups excluding tert-OH is 1. The first-order chi connectivity index (χ1) is 11.9. The zero-order valence-electron chi connectivity index (χ0n) is 13.7. The highest BCUT2D eigenvalue weighted by atomic mass is 32.2. The van der Waals surface area contributed by atoms with Crippen LogP contribution in [0.5, 0.6) is 0 Å². The van der Waals surface area contributed by atoms with Gasteiger partial charge in [0, 0.05) is 5.69 Å². The number of aryl methyl sites for hydroxylation is 2. The Kier molecular flexibility index (Phi) is 5.41. The van der Waals surface area contributed by atoms with Crippen LogP contribution in [-0.4, -0.2) is 37.9 Å². The van der Waals surface area contributed by atoms with Crippen LogP contribution in [0.25, 0.3) is 0 Å². The van der Waals surface area contributed by atoms with E-state index in [4.69, 9.17) is 5.73 Å². The number of benzene rings is 1. The summed E-state index contributed by atoms with van der Waals surface area (Å²) < 4.78 is 24.5. The second kappa shape index (κ2) is 7.55. The molecule has 1 aromatic carbocycles. The fourth-order valence-corrected chi connectivity index (χ4v) is 5.34. The molecule has 0 radical (unpaired) electrons. The lowest BCUT2D eigenvalue weighted by atomic mass is 10.1. The summed E-state index contributed by atoms with van der Waals surface area (Å²) in [6, 6.07) is 9.29. The summed E-state index contributed by atoms with van der Waals surface area (Å²) in [5, 5.41) is 14.6. The molecular formula is C17H21N3O3S2. The SMILES string of the molecule is NC(=NCC(O)CS(=O)(=O)c1cccs1)Nc1ccc2c(c1)CCC2. The van der Waals surface area contributed by atoms with Crippen molar-refractivity contribution in [1.29, 1.82) is 0 Å². The number of rotatable bonds is 6. The van der Waals surface area contributed by atoms with Gasteiger partial charge in [-0.1, -0.05) is 12.1 Å². The number of guanidine groups is 1. The predicted molar refractivity (Wildman–Crippen MR) is 101 cm³/mol. The van der Waals surface area contributed by atoms with Crippen LogP contribution in [0.3, 0.4) is 0 Å². The maximum absolute atomic E-state index is 12.1. The minimum atomic E-state index is -3.49. The van der Waals surface area contributed by atoms with Gasteiger partial charge < -0.3 is 16.2 Å². The molecule has 1 unspecified atom stereocenters. The van der Waals surface area contributed by atoms with E-state index >= 15 is 0 Å². The predicted octanol–water partition coefficient (Wildman–Crippen LogP) is 1.80. The Labute approximate surface area is 151 Å². The molecule has 0 bridgehead atoms. The van der Waals surface area contributed by atoms with Crippen LogP contribution in [-0.2, 0) is 22.7 Å². The van der Waals surface area contributed by atoms with Gasteiger partial charge in [0.05, 0.1) is 18.4 Å². The van der Waals surface area contributed by atoms with Gasteiger partial charge in [-0.05, 0) is 54.0 Å². The molecule has 8 heteroatoms. The molecule has 4 N–H and O–H groups in total. The number of aliphatic hydroxyl groups is 1. The third kappa shape index (κ3) is 4.59. The van der Waals surface area contributed by atoms with Crippen molar-refractivity contribution in [1.82, 2.24) is 0 Å². The van der Waals surface area contributed by atoms with Gasteiger partial charge in [0.2, 0.25) is 0 Å². The molecule has 0 aliphatic heterocycles. The number of sulfone groups is 1. The minimum absolute atomic E-state index is 0.0750. The molecule has 0 spiro atoms. The van der Waals surface area contributed by atoms with Crippen molar-refractivity contribution < 1.29 is 13.5 Å². The second-order valence-corrected chi connectivity index (χ2v) is 9.26. The molecule has 1 aromatic heterocycles. The molecule has 1 heterocycles. The fraction of sp³-hybridized carbons (Fsp3) is 0.353. The minimum Gasteiger partial charge on any atom is -0.390 e. The van der Waals surface area contributed by atoms with Crippen molar-refractivity contribution in [3.63, 3.8) is 0 Å². The zero-order valence-corrected chi connectivity index (χ0v) is 15.3. The van der Waals surface area contributed by atoms with Gasteiger partial charge in [-0.2, -0.15) is 0 Å². The van der Waals surface area contributed by atoms with Gasteiger partial charge in [0.1, 0.15) is 4.21 Å². The lowest BCUT2D eigenvalue weighted by Gasteiger charge is -2.10. The molecule has 2 aromatic rings. The van der Waals surface area contributed by atoms with E-state index < -0.39 is 15.9 Å². The molecule has 6 nitrogen and oxygen atoms in total. The summed E-state index contributed by atoms with van der Waals surface area (Å²) in [7, 11) is -3.49. The Morgan fingerprint density at radius 2 is 2.12 bits per heavy atom. The van der Waals surface area contributed by atoms with Gasteiger partial charge in [-0.25, -0.2) is 8.42 Å². The summed E-state index contributed by atoms with van der Waals surface area (Å²) in [5.74, 6) is -0.214. The summed E-state index contributed by atoms with van der Waals surface area (Å²) >= 11 is 1.14. The van der Waals surface area contributed by atoms with Crippen LogP contribution in [0.1, 0.15) is 17.5 Å². The summed E-state index contributed by atoms with van der Waals surface area (Å²) in [5.41, 5.74) is 9.38. The molecule has 1 atom stereocenters. The number of nitrogens with one attached hydrogen (secondary N) is 1. The monoisotopic (exact) mass is 379 g/mol. The largest absolute Gasteiger partial charge is 0.390 e. The Morgan fingerprint density at radius 1 is 1.32 bits per heavy atom. The Morgan fingerprint density at radius 3 is 2.88 bits per heavy atom. The van der Waals surface area contributed by atoms with Crippen LogP contribution in [0.15, 0.2) is 44.9 Å². The van der Waals surface area contributed by atoms with Crippen LogP contribution < -0.4 is 11.1 Å². The molecule has 3 rings (SSSR count). The van der Waals surface area contributed by atoms with E-state index in [9.17, 15) is 13.5 Å². The van der Waals surface area contributed by atoms with Gasteiger partial charge in [0.25, 0.3) is 0 Å². The van der Waals surface area contributed by atoms with E-state index in [0.29, 0.717) is 0 Å². The first-order valence-electron chi connectivity index (χ1n) is 8.07. The molecule has 0 amide bonds. The summed E-state index contributed by atoms with van der Waals surface area (Å²) in [4.78, 5) is 4.05. The summed E-state index contributed by atoms with van der Waals surface area (Å²) in [6.07, 6.45) is 2.26. The zero-order chi connectivity index (χ0) is 17.9. The first-order valence-corrected chi connectivity index (χ1v) is 10.6. The highest BCUT2D eigenvalue weighted by molar-refractivity contribution is 7.93. The first kappa shape index (κ1) is 17.9. The van der Waals surface area contributed by atoms with E-state index in [1.807, 2.05) is 6.07 Å². The number of anilines is 1. The number of nitrogens with two attached hydrogens (primary N) is 1. The summed E-state index contributed by atoms with van der Waals surface area (Å²) in [6.45, 7) is -0.0750. The van der Waals surface area contributed by atoms with Gasteiger partial charge >= 0.3 is 0 Å². The standard InChI is InChI=1S/C17H21N3O3S2/c18-17(20-14-7-6-12-3-1-4-13(12)9-14)19-10-15(21)11-25(22,23)16-5-2-8-24-16/h2,5-9,15,21H,1,3-4,10-11H2,(H3,18,19,20). The molecule has 0 saturated carbocycles. The highest BCUT2D eigenvalue weighted by Crippen LogP contribution is 2.24. The maximum Gasteiger partial charge on any atom is 0.193 e. The van der Waals surface area contributed by atoms with E-state index in [1.54, 1.807) is 11.4 Å². The third-order valence-corrected chi connectivity index (χ3v) is 7.34. The van der Waals surface area contributed by atoms with Crippen LogP contribution in [0, 0.1) is 0 Å². The molecule has 0 saturated heterocycles. The normalized spacial score (nSPS) is 15.8. The molecule has 25 heavy (non-hydrogen) atoms. The molecular weight excluding hydrogens is 358 g/mol. The quantitative estimate of drug-likeness (QED) is 0.524. The van der Waals surface area contributed by atoms with Crippen molar-refractivity contribution in [2.45, 2.75) is 29.6 Å². The van der Waals surface area contributed by atoms with E-state index in [1.165, 1.54) is 23.6 Å². The van der Waals surface area contributed by atoms with Crippen LogP contribution >= 0.6 is 11.3 Å². The number of hydrogen-bond donors (Lipinski definition) is 3. The van der Waals surface area contributed by atoms with Crippen molar-refractivity contribution in [2.24, 2.45) is 10.7 Å². The van der Waals surface area contributed by atoms with E-state index in [2.05, 4.69) is 22.4 Å². The van der Waals surface area contributed by atoms with Crippen molar-refractivity contribution in [3.8, 4) is 0 Å². The Balaban J connectivity index is 1.56. The van der Waals surface area contributed by atoms with Crippen LogP contribution in [0.2, 0.25) is 0 Å². The van der Waals surface area contributed by atoms with Crippen molar-refractivity contribution in [3.05, 3.63) is 46.8 Å². The number of nitrogens with zero attached hydrogens (tertiary/aromatic N) is 1. The van der Waals surface area contributed by atoms with Crippen LogP contribution in [0.4, 0.5) is 5.69 Å². The third-order valence-electron chi connectivity index (χ3n) is 4.06. The van der Waals surface area contributed by atoms with Gasteiger partial charge in [-0.15, -0.1) is 11.3 Å². The topological polar surface area (TPSA) is 105 Å². The number of aliphatic imine (C=N–C) groups is 1. The van der Waals surface area contributed by atoms with Gasteiger partial charge in [-0.3, -0.25) is 4.99 Å². The lowest BCUT2D eigenvalue weighted by molar-refractivity contribution is 0.206. The van der Waals surface area contributed by atoms with Crippen molar-refractivity contribution in [2.75, 3.05) is 17.6 Å². The lowest BCUT2D eigenvalue weighted by Crippen LogP contribution is -2.28. The molecule has 1 aliphatic rings. The average molecular weight is 380 g/mol. The Bertz CT molecular complexity index is 861. The number of thiophene rings is 1. The number of fused-ring (bicyclic) bond motifs is 1. The highest BCUT2D eigenvalue weighted by Gasteiger charge is 2.20. The molecule has 1 aliphatic carbocycles. The molecule has 0 fully saturated rings.